The average molecular weight is 315 g/mol. The van der Waals surface area contributed by atoms with E-state index in [1.165, 1.54) is 6.07 Å². The van der Waals surface area contributed by atoms with E-state index < -0.39 is 9.05 Å². The molecule has 0 aliphatic carbocycles. The molecule has 0 amide bonds. The van der Waals surface area contributed by atoms with Crippen molar-refractivity contribution in [2.45, 2.75) is 4.90 Å². The molecule has 0 aliphatic heterocycles. The van der Waals surface area contributed by atoms with E-state index >= 15 is 0 Å². The predicted octanol–water partition coefficient (Wildman–Crippen LogP) is 2.90. The van der Waals surface area contributed by atoms with Gasteiger partial charge in [-0.3, -0.25) is 0 Å². The molecule has 1 aromatic rings. The molecule has 74 valence electrons. The van der Waals surface area contributed by atoms with E-state index in [-0.39, 0.29) is 15.5 Å². The summed E-state index contributed by atoms with van der Waals surface area (Å²) in [6.45, 7) is 0. The molecular formula is C7H2BrCl2NO2S. The molecule has 1 aromatic carbocycles. The molecule has 0 aromatic heterocycles. The fourth-order valence-corrected chi connectivity index (χ4v) is 2.17. The van der Waals surface area contributed by atoms with Gasteiger partial charge in [-0.2, -0.15) is 5.26 Å². The molecule has 0 radical (unpaired) electrons. The van der Waals surface area contributed by atoms with Crippen LogP contribution < -0.4 is 0 Å². The zero-order valence-electron chi connectivity index (χ0n) is 6.46. The summed E-state index contributed by atoms with van der Waals surface area (Å²) in [7, 11) is 1.24. The fraction of sp³-hybridized carbons (Fsp3) is 0. The molecule has 1 rings (SSSR count). The lowest BCUT2D eigenvalue weighted by Gasteiger charge is -2.01. The Morgan fingerprint density at radius 1 is 1.43 bits per heavy atom. The zero-order chi connectivity index (χ0) is 10.9. The minimum atomic E-state index is -3.86. The Morgan fingerprint density at radius 3 is 2.43 bits per heavy atom. The van der Waals surface area contributed by atoms with Gasteiger partial charge in [0, 0.05) is 10.7 Å². The summed E-state index contributed by atoms with van der Waals surface area (Å²) >= 11 is 8.73. The van der Waals surface area contributed by atoms with Crippen LogP contribution in [-0.4, -0.2) is 8.42 Å². The van der Waals surface area contributed by atoms with Gasteiger partial charge in [-0.1, -0.05) is 11.6 Å². The third-order valence-electron chi connectivity index (χ3n) is 1.40. The number of nitrogens with zero attached hydrogens (tertiary/aromatic N) is 1. The average Bonchev–Trinajstić information content (AvgIpc) is 2.07. The van der Waals surface area contributed by atoms with Crippen molar-refractivity contribution in [3.8, 4) is 6.07 Å². The van der Waals surface area contributed by atoms with Crippen LogP contribution in [0, 0.1) is 11.3 Å². The van der Waals surface area contributed by atoms with Crippen molar-refractivity contribution in [1.29, 1.82) is 5.26 Å². The number of hydrogen-bond acceptors (Lipinski definition) is 3. The molecule has 0 spiro atoms. The third kappa shape index (κ3) is 2.39. The standard InChI is InChI=1S/C7H2BrCl2NO2S/c8-7-4(3-11)1-5(2-6(7)9)14(10,12)13/h1-2H. The summed E-state index contributed by atoms with van der Waals surface area (Å²) in [4.78, 5) is -0.191. The first-order valence-electron chi connectivity index (χ1n) is 3.20. The Balaban J connectivity index is 3.56. The highest BCUT2D eigenvalue weighted by molar-refractivity contribution is 9.10. The molecule has 0 atom stereocenters. The Labute approximate surface area is 98.8 Å². The van der Waals surface area contributed by atoms with Gasteiger partial charge in [0.15, 0.2) is 0 Å². The zero-order valence-corrected chi connectivity index (χ0v) is 10.4. The lowest BCUT2D eigenvalue weighted by molar-refractivity contribution is 0.609. The summed E-state index contributed by atoms with van der Waals surface area (Å²) in [5, 5.41) is 8.78. The molecule has 0 aliphatic rings. The Kier molecular flexibility index (Phi) is 3.43. The van der Waals surface area contributed by atoms with Crippen LogP contribution in [0.1, 0.15) is 5.56 Å². The second kappa shape index (κ2) is 4.07. The topological polar surface area (TPSA) is 57.9 Å². The van der Waals surface area contributed by atoms with Crippen LogP contribution in [0.15, 0.2) is 21.5 Å². The first kappa shape index (κ1) is 11.8. The number of rotatable bonds is 1. The minimum Gasteiger partial charge on any atom is -0.207 e. The summed E-state index contributed by atoms with van der Waals surface area (Å²) in [5.74, 6) is 0. The van der Waals surface area contributed by atoms with Crippen molar-refractivity contribution >= 4 is 47.3 Å². The van der Waals surface area contributed by atoms with Gasteiger partial charge in [-0.05, 0) is 28.1 Å². The molecule has 0 saturated heterocycles. The van der Waals surface area contributed by atoms with E-state index in [1.807, 2.05) is 0 Å². The van der Waals surface area contributed by atoms with Crippen LogP contribution >= 0.6 is 38.2 Å². The molecule has 0 heterocycles. The SMILES string of the molecule is N#Cc1cc(S(=O)(=O)Cl)cc(Cl)c1Br. The highest BCUT2D eigenvalue weighted by Gasteiger charge is 2.15. The lowest BCUT2D eigenvalue weighted by atomic mass is 10.2. The number of hydrogen-bond donors (Lipinski definition) is 0. The smallest absolute Gasteiger partial charge is 0.207 e. The summed E-state index contributed by atoms with van der Waals surface area (Å²) < 4.78 is 22.2. The van der Waals surface area contributed by atoms with E-state index in [1.54, 1.807) is 6.07 Å². The lowest BCUT2D eigenvalue weighted by Crippen LogP contribution is -1.92. The highest BCUT2D eigenvalue weighted by Crippen LogP contribution is 2.30. The van der Waals surface area contributed by atoms with E-state index in [2.05, 4.69) is 15.9 Å². The fourth-order valence-electron chi connectivity index (χ4n) is 0.786. The highest BCUT2D eigenvalue weighted by atomic mass is 79.9. The van der Waals surface area contributed by atoms with E-state index in [9.17, 15) is 8.42 Å². The van der Waals surface area contributed by atoms with Gasteiger partial charge >= 0.3 is 0 Å². The van der Waals surface area contributed by atoms with Crippen molar-refractivity contribution in [2.24, 2.45) is 0 Å². The first-order chi connectivity index (χ1) is 6.36. The number of nitriles is 1. The number of halogens is 3. The third-order valence-corrected chi connectivity index (χ3v) is 4.12. The van der Waals surface area contributed by atoms with E-state index in [4.69, 9.17) is 27.5 Å². The predicted molar refractivity (Wildman–Crippen MR) is 56.9 cm³/mol. The van der Waals surface area contributed by atoms with Gasteiger partial charge in [0.25, 0.3) is 9.05 Å². The molecule has 3 nitrogen and oxygen atoms in total. The molecule has 7 heteroatoms. The first-order valence-corrected chi connectivity index (χ1v) is 6.68. The van der Waals surface area contributed by atoms with Crippen molar-refractivity contribution in [3.63, 3.8) is 0 Å². The second-order valence-corrected chi connectivity index (χ2v) is 6.08. The largest absolute Gasteiger partial charge is 0.261 e. The molecule has 0 bridgehead atoms. The molecule has 0 N–H and O–H groups in total. The molecular weight excluding hydrogens is 313 g/mol. The normalized spacial score (nSPS) is 11.0. The van der Waals surface area contributed by atoms with E-state index in [0.717, 1.165) is 6.07 Å². The van der Waals surface area contributed by atoms with Crippen LogP contribution in [0.25, 0.3) is 0 Å². The van der Waals surface area contributed by atoms with Crippen molar-refractivity contribution in [2.75, 3.05) is 0 Å². The maximum atomic E-state index is 10.9. The summed E-state index contributed by atoms with van der Waals surface area (Å²) in [6, 6.07) is 4.12. The quantitative estimate of drug-likeness (QED) is 0.749. The van der Waals surface area contributed by atoms with Crippen molar-refractivity contribution < 1.29 is 8.42 Å². The maximum Gasteiger partial charge on any atom is 0.261 e. The molecule has 0 unspecified atom stereocenters. The molecule has 0 fully saturated rings. The van der Waals surface area contributed by atoms with Crippen LogP contribution in [0.3, 0.4) is 0 Å². The Hall–Kier alpha value is -0.280. The van der Waals surface area contributed by atoms with E-state index in [0.29, 0.717) is 4.47 Å². The van der Waals surface area contributed by atoms with Gasteiger partial charge in [-0.15, -0.1) is 0 Å². The minimum absolute atomic E-state index is 0.122. The van der Waals surface area contributed by atoms with Gasteiger partial charge in [0.05, 0.1) is 20.0 Å². The van der Waals surface area contributed by atoms with Crippen LogP contribution in [-0.2, 0) is 9.05 Å². The van der Waals surface area contributed by atoms with Gasteiger partial charge in [0.2, 0.25) is 0 Å². The van der Waals surface area contributed by atoms with Crippen LogP contribution in [0.5, 0.6) is 0 Å². The van der Waals surface area contributed by atoms with Gasteiger partial charge in [-0.25, -0.2) is 8.42 Å². The van der Waals surface area contributed by atoms with Crippen molar-refractivity contribution in [1.82, 2.24) is 0 Å². The number of benzene rings is 1. The summed E-state index contributed by atoms with van der Waals surface area (Å²) in [5.41, 5.74) is 0.122. The van der Waals surface area contributed by atoms with Crippen LogP contribution in [0.4, 0.5) is 0 Å². The van der Waals surface area contributed by atoms with Gasteiger partial charge < -0.3 is 0 Å². The van der Waals surface area contributed by atoms with Crippen LogP contribution in [0.2, 0.25) is 5.02 Å². The summed E-state index contributed by atoms with van der Waals surface area (Å²) in [6.07, 6.45) is 0. The second-order valence-electron chi connectivity index (χ2n) is 2.32. The van der Waals surface area contributed by atoms with Crippen molar-refractivity contribution in [3.05, 3.63) is 27.2 Å². The monoisotopic (exact) mass is 313 g/mol. The Bertz CT molecular complexity index is 521. The molecule has 14 heavy (non-hydrogen) atoms. The Morgan fingerprint density at radius 2 is 2.00 bits per heavy atom. The van der Waals surface area contributed by atoms with Gasteiger partial charge in [0.1, 0.15) is 6.07 Å². The maximum absolute atomic E-state index is 10.9. The molecule has 0 saturated carbocycles.